The molecule has 2 atom stereocenters. The monoisotopic (exact) mass is 769 g/mol. The molecule has 2 rings (SSSR count). The molecule has 0 fully saturated rings. The van der Waals surface area contributed by atoms with Crippen molar-refractivity contribution in [3.05, 3.63) is 130 Å². The summed E-state index contributed by atoms with van der Waals surface area (Å²) in [5, 5.41) is 28.4. The molecule has 0 spiro atoms. The fourth-order valence-corrected chi connectivity index (χ4v) is 6.86. The van der Waals surface area contributed by atoms with Crippen LogP contribution in [0.1, 0.15) is 140 Å². The standard InChI is InChI=1S/C40H52O4.C10H20O2/c1-27(17-13-19-29(3)21-23-33-31(5)37(43)35(41)25-39(33,7)8)15-11-12-16-28(2)18-14-20-30(4)22-24-34-32(6)38(44)36(42)26-40(34,9)10;1-2-3-4-5-6-7-8-9-10(11)12/h11-24,35-36,41-42H,25-26H2,1-10H3;2-9H2,1H3,(H,11,12)/b12-11+,17-13+,18-14+,23-21+,24-22+,27-15+,28-16+,29-19+,30-20+;. The molecule has 0 bridgehead atoms. The van der Waals surface area contributed by atoms with Crippen LogP contribution in [0.15, 0.2) is 130 Å². The molecular formula is C50H72O6. The Balaban J connectivity index is 0.00000112. The van der Waals surface area contributed by atoms with Gasteiger partial charge >= 0.3 is 5.97 Å². The van der Waals surface area contributed by atoms with Gasteiger partial charge in [0.1, 0.15) is 12.2 Å². The summed E-state index contributed by atoms with van der Waals surface area (Å²) in [7, 11) is 0. The van der Waals surface area contributed by atoms with E-state index in [0.29, 0.717) is 30.4 Å². The number of carbonyl (C=O) groups is 3. The zero-order valence-corrected chi connectivity index (χ0v) is 36.4. The maximum Gasteiger partial charge on any atom is 0.303 e. The van der Waals surface area contributed by atoms with Crippen LogP contribution in [0.25, 0.3) is 0 Å². The Morgan fingerprint density at radius 3 is 1.30 bits per heavy atom. The summed E-state index contributed by atoms with van der Waals surface area (Å²) >= 11 is 0. The fraction of sp³-hybridized carbons (Fsp3) is 0.500. The van der Waals surface area contributed by atoms with Crippen molar-refractivity contribution in [1.29, 1.82) is 0 Å². The average molecular weight is 769 g/mol. The van der Waals surface area contributed by atoms with E-state index in [4.69, 9.17) is 5.11 Å². The van der Waals surface area contributed by atoms with Crippen LogP contribution in [0.3, 0.4) is 0 Å². The van der Waals surface area contributed by atoms with E-state index in [0.717, 1.165) is 46.3 Å². The van der Waals surface area contributed by atoms with Gasteiger partial charge in [-0.2, -0.15) is 0 Å². The smallest absolute Gasteiger partial charge is 0.303 e. The first-order valence-corrected chi connectivity index (χ1v) is 20.4. The molecule has 0 aromatic carbocycles. The minimum Gasteiger partial charge on any atom is -0.481 e. The molecule has 0 saturated carbocycles. The van der Waals surface area contributed by atoms with Crippen molar-refractivity contribution in [3.8, 4) is 0 Å². The van der Waals surface area contributed by atoms with E-state index in [2.05, 4.69) is 72.8 Å². The van der Waals surface area contributed by atoms with Crippen molar-refractivity contribution in [3.63, 3.8) is 0 Å². The summed E-state index contributed by atoms with van der Waals surface area (Å²) < 4.78 is 0. The van der Waals surface area contributed by atoms with Crippen LogP contribution in [0.4, 0.5) is 0 Å². The summed E-state index contributed by atoms with van der Waals surface area (Å²) in [5.41, 5.74) is 7.16. The summed E-state index contributed by atoms with van der Waals surface area (Å²) in [6.07, 6.45) is 36.1. The number of aliphatic hydroxyl groups is 2. The maximum atomic E-state index is 12.2. The predicted molar refractivity (Wildman–Crippen MR) is 235 cm³/mol. The lowest BCUT2D eigenvalue weighted by atomic mass is 9.71. The number of hydrogen-bond donors (Lipinski definition) is 3. The third-order valence-corrected chi connectivity index (χ3v) is 10.3. The van der Waals surface area contributed by atoms with E-state index in [1.165, 1.54) is 32.1 Å². The van der Waals surface area contributed by atoms with Crippen LogP contribution in [-0.4, -0.2) is 45.1 Å². The predicted octanol–water partition coefficient (Wildman–Crippen LogP) is 12.1. The molecule has 2 aliphatic carbocycles. The maximum absolute atomic E-state index is 12.2. The van der Waals surface area contributed by atoms with Crippen LogP contribution >= 0.6 is 0 Å². The molecule has 0 aliphatic heterocycles. The van der Waals surface area contributed by atoms with Gasteiger partial charge in [-0.25, -0.2) is 0 Å². The highest BCUT2D eigenvalue weighted by molar-refractivity contribution is 6.01. The molecule has 0 aromatic heterocycles. The van der Waals surface area contributed by atoms with Gasteiger partial charge in [-0.05, 0) is 93.9 Å². The van der Waals surface area contributed by atoms with Gasteiger partial charge in [-0.1, -0.05) is 181 Å². The lowest BCUT2D eigenvalue weighted by molar-refractivity contribution is -0.137. The van der Waals surface area contributed by atoms with Gasteiger partial charge in [0.05, 0.1) is 0 Å². The minimum absolute atomic E-state index is 0.175. The highest BCUT2D eigenvalue weighted by Crippen LogP contribution is 2.40. The SMILES string of the molecule is CC1=C(/C=C/C(C)=C/C=C/C(C)=C/C=C/C=C(C)/C=C/C=C(C)/C=C/C2=C(C)C(=O)C(O)CC2(C)C)C(C)(C)CC(O)C1=O.CCCCCCCCCC(=O)O. The van der Waals surface area contributed by atoms with Crippen LogP contribution < -0.4 is 0 Å². The van der Waals surface area contributed by atoms with Crippen molar-refractivity contribution in [2.24, 2.45) is 10.8 Å². The van der Waals surface area contributed by atoms with Crippen molar-refractivity contribution >= 4 is 17.5 Å². The van der Waals surface area contributed by atoms with E-state index in [9.17, 15) is 24.6 Å². The Labute approximate surface area is 339 Å². The molecule has 308 valence electrons. The summed E-state index contributed by atoms with van der Waals surface area (Å²) in [4.78, 5) is 34.6. The van der Waals surface area contributed by atoms with Crippen molar-refractivity contribution in [2.75, 3.05) is 0 Å². The Bertz CT molecular complexity index is 1580. The highest BCUT2D eigenvalue weighted by atomic mass is 16.4. The molecule has 6 nitrogen and oxygen atoms in total. The number of aliphatic carboxylic acids is 1. The van der Waals surface area contributed by atoms with Crippen molar-refractivity contribution < 1.29 is 29.7 Å². The number of carbonyl (C=O) groups excluding carboxylic acids is 2. The summed E-state index contributed by atoms with van der Waals surface area (Å²) in [6.45, 7) is 22.2. The van der Waals surface area contributed by atoms with Crippen molar-refractivity contribution in [2.45, 2.75) is 153 Å². The summed E-state index contributed by atoms with van der Waals surface area (Å²) in [6, 6.07) is 0. The van der Waals surface area contributed by atoms with E-state index >= 15 is 0 Å². The number of Topliss-reactive ketones (excluding diaryl/α,β-unsaturated/α-hetero) is 2. The molecule has 6 heteroatoms. The molecule has 0 radical (unpaired) electrons. The molecule has 0 amide bonds. The van der Waals surface area contributed by atoms with Gasteiger partial charge in [0, 0.05) is 6.42 Å². The molecule has 56 heavy (non-hydrogen) atoms. The van der Waals surface area contributed by atoms with Gasteiger partial charge in [0.25, 0.3) is 0 Å². The number of carboxylic acids is 1. The number of ketones is 2. The first-order chi connectivity index (χ1) is 26.2. The zero-order chi connectivity index (χ0) is 42.5. The summed E-state index contributed by atoms with van der Waals surface area (Å²) in [5.74, 6) is -1.01. The first kappa shape index (κ1) is 49.9. The van der Waals surface area contributed by atoms with Crippen molar-refractivity contribution in [1.82, 2.24) is 0 Å². The number of unbranched alkanes of at least 4 members (excludes halogenated alkanes) is 6. The molecule has 3 N–H and O–H groups in total. The second-order valence-corrected chi connectivity index (χ2v) is 16.7. The number of rotatable bonds is 18. The van der Waals surface area contributed by atoms with Gasteiger partial charge in [0.2, 0.25) is 0 Å². The van der Waals surface area contributed by atoms with E-state index in [1.54, 1.807) is 13.8 Å². The van der Waals surface area contributed by atoms with Crippen LogP contribution in [0, 0.1) is 10.8 Å². The number of hydrogen-bond acceptors (Lipinski definition) is 5. The zero-order valence-electron chi connectivity index (χ0n) is 36.4. The molecule has 2 aliphatic rings. The van der Waals surface area contributed by atoms with Crippen LogP contribution in [0.2, 0.25) is 0 Å². The Morgan fingerprint density at radius 1 is 0.589 bits per heavy atom. The van der Waals surface area contributed by atoms with Gasteiger partial charge in [-0.3, -0.25) is 14.4 Å². The molecule has 0 saturated heterocycles. The number of allylic oxidation sites excluding steroid dienone is 20. The third kappa shape index (κ3) is 18.7. The van der Waals surface area contributed by atoms with E-state index in [-0.39, 0.29) is 22.4 Å². The molecule has 2 unspecified atom stereocenters. The fourth-order valence-electron chi connectivity index (χ4n) is 6.86. The highest BCUT2D eigenvalue weighted by Gasteiger charge is 2.37. The molecular weight excluding hydrogens is 697 g/mol. The van der Waals surface area contributed by atoms with E-state index in [1.807, 2.05) is 74.6 Å². The topological polar surface area (TPSA) is 112 Å². The second kappa shape index (κ2) is 25.2. The molecule has 0 heterocycles. The van der Waals surface area contributed by atoms with Gasteiger partial charge in [0.15, 0.2) is 11.6 Å². The van der Waals surface area contributed by atoms with E-state index < -0.39 is 18.2 Å². The second-order valence-electron chi connectivity index (χ2n) is 16.7. The van der Waals surface area contributed by atoms with Crippen LogP contribution in [-0.2, 0) is 14.4 Å². The molecule has 0 aromatic rings. The quantitative estimate of drug-likeness (QED) is 0.0945. The first-order valence-electron chi connectivity index (χ1n) is 20.4. The Kier molecular flexibility index (Phi) is 22.4. The Hall–Kier alpha value is -4.13. The normalized spacial score (nSPS) is 21.4. The minimum atomic E-state index is -0.907. The Morgan fingerprint density at radius 2 is 0.929 bits per heavy atom. The lowest BCUT2D eigenvalue weighted by Crippen LogP contribution is -2.35. The third-order valence-electron chi connectivity index (χ3n) is 10.3. The number of carboxylic acid groups (broad SMARTS) is 1. The van der Waals surface area contributed by atoms with Crippen LogP contribution in [0.5, 0.6) is 0 Å². The largest absolute Gasteiger partial charge is 0.481 e. The van der Waals surface area contributed by atoms with Gasteiger partial charge < -0.3 is 15.3 Å². The average Bonchev–Trinajstić information content (AvgIpc) is 3.10. The lowest BCUT2D eigenvalue weighted by Gasteiger charge is -2.34. The van der Waals surface area contributed by atoms with Gasteiger partial charge in [-0.15, -0.1) is 0 Å². The number of aliphatic hydroxyl groups excluding tert-OH is 2.